The molecule has 1 aromatic heterocycles. The molecule has 7 heteroatoms. The number of carbonyl (C=O) groups excluding carboxylic acids is 2. The molecule has 2 aromatic rings. The number of hydrogen-bond acceptors (Lipinski definition) is 5. The maximum atomic E-state index is 12.3. The quantitative estimate of drug-likeness (QED) is 0.707. The SMILES string of the molecule is COc1ccc(NC(=O)c2cc(C(=O)NCCCN(C)C)ccn2)cc1. The van der Waals surface area contributed by atoms with E-state index < -0.39 is 0 Å². The van der Waals surface area contributed by atoms with Crippen LogP contribution in [0.5, 0.6) is 5.75 Å². The van der Waals surface area contributed by atoms with Crippen LogP contribution in [0.4, 0.5) is 5.69 Å². The van der Waals surface area contributed by atoms with Crippen molar-refractivity contribution in [3.05, 3.63) is 53.9 Å². The number of rotatable bonds is 8. The van der Waals surface area contributed by atoms with E-state index >= 15 is 0 Å². The monoisotopic (exact) mass is 356 g/mol. The van der Waals surface area contributed by atoms with Crippen LogP contribution in [0.3, 0.4) is 0 Å². The van der Waals surface area contributed by atoms with Gasteiger partial charge in [0.05, 0.1) is 7.11 Å². The second kappa shape index (κ2) is 9.53. The Labute approximate surface area is 153 Å². The number of carbonyl (C=O) groups is 2. The average molecular weight is 356 g/mol. The number of benzene rings is 1. The van der Waals surface area contributed by atoms with E-state index in [0.717, 1.165) is 13.0 Å². The summed E-state index contributed by atoms with van der Waals surface area (Å²) in [6.07, 6.45) is 2.31. The molecule has 0 atom stereocenters. The fourth-order valence-corrected chi connectivity index (χ4v) is 2.26. The first-order valence-corrected chi connectivity index (χ1v) is 8.34. The van der Waals surface area contributed by atoms with Crippen LogP contribution in [-0.2, 0) is 0 Å². The topological polar surface area (TPSA) is 83.6 Å². The highest BCUT2D eigenvalue weighted by Crippen LogP contribution is 2.15. The maximum Gasteiger partial charge on any atom is 0.274 e. The minimum atomic E-state index is -0.377. The molecular formula is C19H24N4O3. The van der Waals surface area contributed by atoms with E-state index in [-0.39, 0.29) is 17.5 Å². The van der Waals surface area contributed by atoms with Crippen molar-refractivity contribution in [3.8, 4) is 5.75 Å². The molecule has 0 saturated heterocycles. The molecule has 0 radical (unpaired) electrons. The lowest BCUT2D eigenvalue weighted by molar-refractivity contribution is 0.0952. The van der Waals surface area contributed by atoms with Gasteiger partial charge in [-0.2, -0.15) is 0 Å². The Hall–Kier alpha value is -2.93. The van der Waals surface area contributed by atoms with E-state index in [4.69, 9.17) is 4.74 Å². The number of amides is 2. The summed E-state index contributed by atoms with van der Waals surface area (Å²) in [7, 11) is 5.55. The van der Waals surface area contributed by atoms with Crippen molar-refractivity contribution in [3.63, 3.8) is 0 Å². The van der Waals surface area contributed by atoms with Gasteiger partial charge in [-0.05, 0) is 63.5 Å². The number of anilines is 1. The van der Waals surface area contributed by atoms with E-state index in [0.29, 0.717) is 23.5 Å². The summed E-state index contributed by atoms with van der Waals surface area (Å²) < 4.78 is 5.08. The van der Waals surface area contributed by atoms with Crippen molar-refractivity contribution in [2.45, 2.75) is 6.42 Å². The van der Waals surface area contributed by atoms with Crippen LogP contribution < -0.4 is 15.4 Å². The van der Waals surface area contributed by atoms with E-state index in [2.05, 4.69) is 20.5 Å². The smallest absolute Gasteiger partial charge is 0.274 e. The van der Waals surface area contributed by atoms with Gasteiger partial charge in [0.25, 0.3) is 11.8 Å². The van der Waals surface area contributed by atoms with Crippen molar-refractivity contribution in [1.82, 2.24) is 15.2 Å². The second-order valence-corrected chi connectivity index (χ2v) is 6.03. The summed E-state index contributed by atoms with van der Waals surface area (Å²) in [6.45, 7) is 1.47. The van der Waals surface area contributed by atoms with Gasteiger partial charge in [-0.3, -0.25) is 14.6 Å². The lowest BCUT2D eigenvalue weighted by Crippen LogP contribution is -2.27. The predicted octanol–water partition coefficient (Wildman–Crippen LogP) is 2.02. The number of methoxy groups -OCH3 is 1. The Balaban J connectivity index is 1.96. The Kier molecular flexibility index (Phi) is 7.11. The molecule has 2 N–H and O–H groups in total. The average Bonchev–Trinajstić information content (AvgIpc) is 2.65. The highest BCUT2D eigenvalue weighted by Gasteiger charge is 2.12. The van der Waals surface area contributed by atoms with Crippen LogP contribution >= 0.6 is 0 Å². The summed E-state index contributed by atoms with van der Waals surface area (Å²) in [6, 6.07) is 10.0. The third-order valence-corrected chi connectivity index (χ3v) is 3.67. The molecule has 138 valence electrons. The molecule has 1 heterocycles. The largest absolute Gasteiger partial charge is 0.497 e. The van der Waals surface area contributed by atoms with Gasteiger partial charge in [-0.25, -0.2) is 0 Å². The summed E-state index contributed by atoms with van der Waals surface area (Å²) in [5, 5.41) is 5.59. The maximum absolute atomic E-state index is 12.3. The fraction of sp³-hybridized carbons (Fsp3) is 0.316. The minimum absolute atomic E-state index is 0.182. The van der Waals surface area contributed by atoms with Crippen molar-refractivity contribution < 1.29 is 14.3 Å². The van der Waals surface area contributed by atoms with Crippen molar-refractivity contribution in [1.29, 1.82) is 0 Å². The third-order valence-electron chi connectivity index (χ3n) is 3.67. The van der Waals surface area contributed by atoms with Gasteiger partial charge < -0.3 is 20.3 Å². The zero-order chi connectivity index (χ0) is 18.9. The third kappa shape index (κ3) is 5.86. The van der Waals surface area contributed by atoms with Gasteiger partial charge in [0.1, 0.15) is 11.4 Å². The molecule has 1 aromatic carbocycles. The Morgan fingerprint density at radius 1 is 1.12 bits per heavy atom. The first-order valence-electron chi connectivity index (χ1n) is 8.34. The van der Waals surface area contributed by atoms with Crippen LogP contribution in [0.25, 0.3) is 0 Å². The van der Waals surface area contributed by atoms with Crippen LogP contribution in [0, 0.1) is 0 Å². The van der Waals surface area contributed by atoms with Gasteiger partial charge in [0.2, 0.25) is 0 Å². The van der Waals surface area contributed by atoms with Gasteiger partial charge in [0.15, 0.2) is 0 Å². The van der Waals surface area contributed by atoms with Crippen LogP contribution in [0.1, 0.15) is 27.3 Å². The Morgan fingerprint density at radius 3 is 2.50 bits per heavy atom. The molecule has 0 spiro atoms. The highest BCUT2D eigenvalue weighted by molar-refractivity contribution is 6.04. The van der Waals surface area contributed by atoms with Gasteiger partial charge in [0, 0.05) is 24.0 Å². The van der Waals surface area contributed by atoms with Crippen molar-refractivity contribution in [2.75, 3.05) is 39.6 Å². The van der Waals surface area contributed by atoms with E-state index in [9.17, 15) is 9.59 Å². The summed E-state index contributed by atoms with van der Waals surface area (Å²) >= 11 is 0. The number of aromatic nitrogens is 1. The van der Waals surface area contributed by atoms with Crippen LogP contribution in [0.2, 0.25) is 0 Å². The van der Waals surface area contributed by atoms with Gasteiger partial charge in [-0.1, -0.05) is 0 Å². The first-order chi connectivity index (χ1) is 12.5. The number of pyridine rings is 1. The van der Waals surface area contributed by atoms with Gasteiger partial charge in [-0.15, -0.1) is 0 Å². The zero-order valence-corrected chi connectivity index (χ0v) is 15.3. The normalized spacial score (nSPS) is 10.5. The van der Waals surface area contributed by atoms with Crippen molar-refractivity contribution >= 4 is 17.5 Å². The molecule has 2 amide bonds. The molecule has 2 rings (SSSR count). The van der Waals surface area contributed by atoms with Crippen molar-refractivity contribution in [2.24, 2.45) is 0 Å². The zero-order valence-electron chi connectivity index (χ0n) is 15.3. The molecule has 0 aliphatic carbocycles. The molecule has 0 saturated carbocycles. The summed E-state index contributed by atoms with van der Waals surface area (Å²) in [4.78, 5) is 30.6. The second-order valence-electron chi connectivity index (χ2n) is 6.03. The van der Waals surface area contributed by atoms with E-state index in [1.54, 1.807) is 37.4 Å². The fourth-order valence-electron chi connectivity index (χ4n) is 2.26. The molecule has 7 nitrogen and oxygen atoms in total. The Bertz CT molecular complexity index is 745. The molecule has 0 aliphatic rings. The molecule has 0 fully saturated rings. The lowest BCUT2D eigenvalue weighted by atomic mass is 10.2. The van der Waals surface area contributed by atoms with E-state index in [1.165, 1.54) is 12.3 Å². The number of ether oxygens (including phenoxy) is 1. The number of hydrogen-bond donors (Lipinski definition) is 2. The molecule has 0 unspecified atom stereocenters. The number of nitrogens with one attached hydrogen (secondary N) is 2. The minimum Gasteiger partial charge on any atom is -0.497 e. The highest BCUT2D eigenvalue weighted by atomic mass is 16.5. The Morgan fingerprint density at radius 2 is 1.85 bits per heavy atom. The van der Waals surface area contributed by atoms with Gasteiger partial charge >= 0.3 is 0 Å². The standard InChI is InChI=1S/C19H24N4O3/c1-23(2)12-4-10-21-18(24)14-9-11-20-17(13-14)19(25)22-15-5-7-16(26-3)8-6-15/h5-9,11,13H,4,10,12H2,1-3H3,(H,21,24)(H,22,25). The van der Waals surface area contributed by atoms with Crippen LogP contribution in [0.15, 0.2) is 42.6 Å². The molecule has 26 heavy (non-hydrogen) atoms. The molecule has 0 bridgehead atoms. The predicted molar refractivity (Wildman–Crippen MR) is 101 cm³/mol. The number of nitrogens with zero attached hydrogens (tertiary/aromatic N) is 2. The summed E-state index contributed by atoms with van der Waals surface area (Å²) in [5.74, 6) is 0.108. The van der Waals surface area contributed by atoms with Crippen LogP contribution in [-0.4, -0.2) is 56.0 Å². The first kappa shape index (κ1) is 19.4. The lowest BCUT2D eigenvalue weighted by Gasteiger charge is -2.10. The van der Waals surface area contributed by atoms with E-state index in [1.807, 2.05) is 14.1 Å². The molecular weight excluding hydrogens is 332 g/mol. The summed E-state index contributed by atoms with van der Waals surface area (Å²) in [5.41, 5.74) is 1.21. The molecule has 0 aliphatic heterocycles.